The molecule has 6 heteroatoms. The first-order valence-corrected chi connectivity index (χ1v) is 8.16. The van der Waals surface area contributed by atoms with Crippen molar-refractivity contribution in [2.45, 2.75) is 26.4 Å². The summed E-state index contributed by atoms with van der Waals surface area (Å²) in [6, 6.07) is 14.3. The standard InChI is InChI=1S/C19H20FN5/c1-13(2)23-19-24-17(16-9-5-6-10-21-16)11-18(25-19)22-12-14-7-3-4-8-15(14)20/h3-11,13H,12H2,1-2H3,(H2,22,23,24,25). The Balaban J connectivity index is 1.88. The van der Waals surface area contributed by atoms with Crippen LogP contribution in [-0.4, -0.2) is 21.0 Å². The lowest BCUT2D eigenvalue weighted by Crippen LogP contribution is -2.14. The maximum Gasteiger partial charge on any atom is 0.225 e. The van der Waals surface area contributed by atoms with Crippen molar-refractivity contribution < 1.29 is 4.39 Å². The SMILES string of the molecule is CC(C)Nc1nc(NCc2ccccc2F)cc(-c2ccccn2)n1. The zero-order chi connectivity index (χ0) is 17.6. The number of hydrogen-bond donors (Lipinski definition) is 2. The molecule has 0 spiro atoms. The van der Waals surface area contributed by atoms with E-state index in [1.165, 1.54) is 6.07 Å². The smallest absolute Gasteiger partial charge is 0.225 e. The summed E-state index contributed by atoms with van der Waals surface area (Å²) >= 11 is 0. The van der Waals surface area contributed by atoms with Gasteiger partial charge in [-0.3, -0.25) is 4.98 Å². The van der Waals surface area contributed by atoms with Gasteiger partial charge < -0.3 is 10.6 Å². The molecule has 2 aromatic heterocycles. The van der Waals surface area contributed by atoms with Crippen LogP contribution in [0.15, 0.2) is 54.7 Å². The fourth-order valence-corrected chi connectivity index (χ4v) is 2.33. The molecule has 3 rings (SSSR count). The van der Waals surface area contributed by atoms with Crippen LogP contribution in [0.4, 0.5) is 16.2 Å². The maximum absolute atomic E-state index is 13.8. The van der Waals surface area contributed by atoms with Crippen molar-refractivity contribution in [3.63, 3.8) is 0 Å². The van der Waals surface area contributed by atoms with Gasteiger partial charge in [-0.25, -0.2) is 9.37 Å². The zero-order valence-corrected chi connectivity index (χ0v) is 14.2. The first-order chi connectivity index (χ1) is 12.1. The number of halogens is 1. The molecule has 0 atom stereocenters. The minimum Gasteiger partial charge on any atom is -0.366 e. The summed E-state index contributed by atoms with van der Waals surface area (Å²) in [5.74, 6) is 0.880. The largest absolute Gasteiger partial charge is 0.366 e. The van der Waals surface area contributed by atoms with Crippen LogP contribution >= 0.6 is 0 Å². The van der Waals surface area contributed by atoms with Gasteiger partial charge >= 0.3 is 0 Å². The maximum atomic E-state index is 13.8. The number of nitrogens with one attached hydrogen (secondary N) is 2. The lowest BCUT2D eigenvalue weighted by Gasteiger charge is -2.13. The highest BCUT2D eigenvalue weighted by Gasteiger charge is 2.09. The van der Waals surface area contributed by atoms with Gasteiger partial charge in [0, 0.05) is 30.4 Å². The van der Waals surface area contributed by atoms with E-state index in [1.807, 2.05) is 44.2 Å². The van der Waals surface area contributed by atoms with Gasteiger partial charge in [0.05, 0.1) is 11.4 Å². The van der Waals surface area contributed by atoms with Crippen molar-refractivity contribution in [2.75, 3.05) is 10.6 Å². The van der Waals surface area contributed by atoms with Gasteiger partial charge in [-0.2, -0.15) is 4.98 Å². The minimum atomic E-state index is -0.241. The highest BCUT2D eigenvalue weighted by atomic mass is 19.1. The van der Waals surface area contributed by atoms with E-state index in [0.717, 1.165) is 5.69 Å². The third-order valence-corrected chi connectivity index (χ3v) is 3.49. The lowest BCUT2D eigenvalue weighted by molar-refractivity contribution is 0.613. The molecule has 0 bridgehead atoms. The Morgan fingerprint density at radius 1 is 1.00 bits per heavy atom. The van der Waals surface area contributed by atoms with Gasteiger partial charge in [0.15, 0.2) is 0 Å². The van der Waals surface area contributed by atoms with E-state index in [-0.39, 0.29) is 11.9 Å². The van der Waals surface area contributed by atoms with Crippen molar-refractivity contribution in [1.29, 1.82) is 0 Å². The molecule has 0 saturated heterocycles. The van der Waals surface area contributed by atoms with E-state index >= 15 is 0 Å². The molecule has 128 valence electrons. The highest BCUT2D eigenvalue weighted by Crippen LogP contribution is 2.20. The third kappa shape index (κ3) is 4.50. The normalized spacial score (nSPS) is 10.7. The quantitative estimate of drug-likeness (QED) is 0.709. The summed E-state index contributed by atoms with van der Waals surface area (Å²) in [6.07, 6.45) is 1.72. The van der Waals surface area contributed by atoms with E-state index in [2.05, 4.69) is 25.6 Å². The fraction of sp³-hybridized carbons (Fsp3) is 0.211. The molecule has 0 aliphatic heterocycles. The molecule has 1 aromatic carbocycles. The van der Waals surface area contributed by atoms with E-state index in [0.29, 0.717) is 29.6 Å². The Bertz CT molecular complexity index is 836. The molecule has 5 nitrogen and oxygen atoms in total. The average molecular weight is 337 g/mol. The van der Waals surface area contributed by atoms with Crippen molar-refractivity contribution >= 4 is 11.8 Å². The molecule has 0 amide bonds. The molecular formula is C19H20FN5. The number of hydrogen-bond acceptors (Lipinski definition) is 5. The van der Waals surface area contributed by atoms with Gasteiger partial charge in [0.25, 0.3) is 0 Å². The molecular weight excluding hydrogens is 317 g/mol. The topological polar surface area (TPSA) is 62.7 Å². The Kier molecular flexibility index (Phi) is 5.18. The Morgan fingerprint density at radius 3 is 2.52 bits per heavy atom. The molecule has 0 aliphatic rings. The van der Waals surface area contributed by atoms with E-state index in [1.54, 1.807) is 18.3 Å². The summed E-state index contributed by atoms with van der Waals surface area (Å²) in [5.41, 5.74) is 2.04. The number of aromatic nitrogens is 3. The Morgan fingerprint density at radius 2 is 1.80 bits per heavy atom. The van der Waals surface area contributed by atoms with Gasteiger partial charge in [0.1, 0.15) is 11.6 Å². The van der Waals surface area contributed by atoms with E-state index in [4.69, 9.17) is 0 Å². The minimum absolute atomic E-state index is 0.193. The molecule has 0 fully saturated rings. The molecule has 0 aliphatic carbocycles. The second kappa shape index (κ2) is 7.70. The third-order valence-electron chi connectivity index (χ3n) is 3.49. The molecule has 25 heavy (non-hydrogen) atoms. The van der Waals surface area contributed by atoms with Gasteiger partial charge in [-0.15, -0.1) is 0 Å². The summed E-state index contributed by atoms with van der Waals surface area (Å²) in [6.45, 7) is 4.37. The highest BCUT2D eigenvalue weighted by molar-refractivity contribution is 5.61. The van der Waals surface area contributed by atoms with Crippen LogP contribution in [0, 0.1) is 5.82 Å². The average Bonchev–Trinajstić information content (AvgIpc) is 2.61. The van der Waals surface area contributed by atoms with Crippen LogP contribution < -0.4 is 10.6 Å². The first kappa shape index (κ1) is 16.8. The predicted octanol–water partition coefficient (Wildman–Crippen LogP) is 4.11. The lowest BCUT2D eigenvalue weighted by atomic mass is 10.2. The molecule has 0 radical (unpaired) electrons. The zero-order valence-electron chi connectivity index (χ0n) is 14.2. The molecule has 2 N–H and O–H groups in total. The molecule has 0 saturated carbocycles. The number of rotatable bonds is 6. The summed E-state index contributed by atoms with van der Waals surface area (Å²) in [7, 11) is 0. The van der Waals surface area contributed by atoms with Crippen LogP contribution in [-0.2, 0) is 6.54 Å². The number of anilines is 2. The Hall–Kier alpha value is -3.02. The first-order valence-electron chi connectivity index (χ1n) is 8.16. The van der Waals surface area contributed by atoms with Gasteiger partial charge in [-0.1, -0.05) is 24.3 Å². The van der Waals surface area contributed by atoms with Gasteiger partial charge in [-0.05, 0) is 32.0 Å². The summed E-state index contributed by atoms with van der Waals surface area (Å²) in [5, 5.41) is 6.37. The number of pyridine rings is 1. The number of benzene rings is 1. The fourth-order valence-electron chi connectivity index (χ4n) is 2.33. The van der Waals surface area contributed by atoms with E-state index in [9.17, 15) is 4.39 Å². The second-order valence-corrected chi connectivity index (χ2v) is 5.92. The van der Waals surface area contributed by atoms with Crippen LogP contribution in [0.3, 0.4) is 0 Å². The molecule has 2 heterocycles. The van der Waals surface area contributed by atoms with Crippen molar-refractivity contribution in [1.82, 2.24) is 15.0 Å². The van der Waals surface area contributed by atoms with E-state index < -0.39 is 0 Å². The number of nitrogens with zero attached hydrogens (tertiary/aromatic N) is 3. The molecule has 3 aromatic rings. The summed E-state index contributed by atoms with van der Waals surface area (Å²) < 4.78 is 13.8. The van der Waals surface area contributed by atoms with Crippen molar-refractivity contribution in [3.8, 4) is 11.4 Å². The monoisotopic (exact) mass is 337 g/mol. The van der Waals surface area contributed by atoms with Crippen molar-refractivity contribution in [3.05, 3.63) is 66.1 Å². The Labute approximate surface area is 146 Å². The van der Waals surface area contributed by atoms with Crippen LogP contribution in [0.1, 0.15) is 19.4 Å². The van der Waals surface area contributed by atoms with Crippen LogP contribution in [0.5, 0.6) is 0 Å². The van der Waals surface area contributed by atoms with Gasteiger partial charge in [0.2, 0.25) is 5.95 Å². The molecule has 0 unspecified atom stereocenters. The van der Waals surface area contributed by atoms with Crippen LogP contribution in [0.25, 0.3) is 11.4 Å². The van der Waals surface area contributed by atoms with Crippen LogP contribution in [0.2, 0.25) is 0 Å². The second-order valence-electron chi connectivity index (χ2n) is 5.92. The summed E-state index contributed by atoms with van der Waals surface area (Å²) in [4.78, 5) is 13.3. The predicted molar refractivity (Wildman–Crippen MR) is 97.7 cm³/mol. The van der Waals surface area contributed by atoms with Crippen molar-refractivity contribution in [2.24, 2.45) is 0 Å².